The van der Waals surface area contributed by atoms with Crippen molar-refractivity contribution < 1.29 is 18.7 Å². The van der Waals surface area contributed by atoms with Gasteiger partial charge in [0.1, 0.15) is 17.6 Å². The molecule has 0 saturated carbocycles. The van der Waals surface area contributed by atoms with E-state index in [2.05, 4.69) is 11.4 Å². The molecule has 204 valence electrons. The van der Waals surface area contributed by atoms with E-state index in [4.69, 9.17) is 16.3 Å². The Kier molecular flexibility index (Phi) is 10.5. The summed E-state index contributed by atoms with van der Waals surface area (Å²) in [4.78, 5) is 28.8. The highest BCUT2D eigenvalue weighted by Crippen LogP contribution is 2.24. The summed E-state index contributed by atoms with van der Waals surface area (Å²) in [5, 5.41) is 3.46. The third-order valence-electron chi connectivity index (χ3n) is 6.86. The zero-order valence-electron chi connectivity index (χ0n) is 22.0. The van der Waals surface area contributed by atoms with E-state index in [1.54, 1.807) is 36.4 Å². The maximum Gasteiger partial charge on any atom is 0.261 e. The summed E-state index contributed by atoms with van der Waals surface area (Å²) in [5.74, 6) is -0.581. The predicted octanol–water partition coefficient (Wildman–Crippen LogP) is 6.50. The van der Waals surface area contributed by atoms with Crippen molar-refractivity contribution in [2.45, 2.75) is 51.1 Å². The summed E-state index contributed by atoms with van der Waals surface area (Å²) in [6.07, 6.45) is 7.95. The molecule has 1 N–H and O–H groups in total. The van der Waals surface area contributed by atoms with Crippen LogP contribution in [0.3, 0.4) is 0 Å². The fourth-order valence-corrected chi connectivity index (χ4v) is 4.91. The minimum Gasteiger partial charge on any atom is -0.482 e. The van der Waals surface area contributed by atoms with Gasteiger partial charge in [0.05, 0.1) is 5.02 Å². The van der Waals surface area contributed by atoms with E-state index in [0.717, 1.165) is 24.8 Å². The van der Waals surface area contributed by atoms with E-state index in [0.29, 0.717) is 29.3 Å². The summed E-state index contributed by atoms with van der Waals surface area (Å²) >= 11 is 6.22. The Bertz CT molecular complexity index is 1260. The van der Waals surface area contributed by atoms with Crippen LogP contribution in [-0.2, 0) is 22.6 Å². The van der Waals surface area contributed by atoms with E-state index >= 15 is 0 Å². The topological polar surface area (TPSA) is 58.6 Å². The Morgan fingerprint density at radius 2 is 1.69 bits per heavy atom. The second-order valence-corrected chi connectivity index (χ2v) is 10.1. The standard InChI is InChI=1S/C32H34ClFN2O3/c33-28-13-7-8-14-30(28)39-23-31(37)36(22-26-15-17-27(34)18-16-26)29(21-25-11-5-2-6-12-25)32(38)35-20-19-24-9-3-1-4-10-24/h2,5-9,11-18,29H,1,3-4,10,19-23H2,(H,35,38)/t29-/m1/s1. The molecule has 5 nitrogen and oxygen atoms in total. The van der Waals surface area contributed by atoms with Crippen molar-refractivity contribution >= 4 is 23.4 Å². The molecule has 0 heterocycles. The number of carbonyl (C=O) groups is 2. The van der Waals surface area contributed by atoms with Crippen LogP contribution in [0, 0.1) is 5.82 Å². The molecule has 7 heteroatoms. The molecule has 1 atom stereocenters. The van der Waals surface area contributed by atoms with Gasteiger partial charge in [-0.2, -0.15) is 0 Å². The third-order valence-corrected chi connectivity index (χ3v) is 7.17. The second-order valence-electron chi connectivity index (χ2n) is 9.72. The Morgan fingerprint density at radius 1 is 0.949 bits per heavy atom. The fraction of sp³-hybridized carbons (Fsp3) is 0.312. The lowest BCUT2D eigenvalue weighted by molar-refractivity contribution is -0.142. The van der Waals surface area contributed by atoms with E-state index in [1.165, 1.54) is 35.4 Å². The van der Waals surface area contributed by atoms with Crippen molar-refractivity contribution in [2.75, 3.05) is 13.2 Å². The maximum absolute atomic E-state index is 13.7. The number of nitrogens with zero attached hydrogens (tertiary/aromatic N) is 1. The molecule has 0 aliphatic heterocycles. The minimum atomic E-state index is -0.792. The van der Waals surface area contributed by atoms with Gasteiger partial charge in [-0.3, -0.25) is 9.59 Å². The van der Waals surface area contributed by atoms with E-state index in [-0.39, 0.29) is 30.8 Å². The van der Waals surface area contributed by atoms with Gasteiger partial charge in [0, 0.05) is 19.5 Å². The van der Waals surface area contributed by atoms with Gasteiger partial charge in [0.2, 0.25) is 5.91 Å². The molecule has 0 fully saturated rings. The zero-order chi connectivity index (χ0) is 27.5. The molecular formula is C32H34ClFN2O3. The molecule has 1 aliphatic rings. The highest BCUT2D eigenvalue weighted by Gasteiger charge is 2.30. The van der Waals surface area contributed by atoms with Gasteiger partial charge in [0.25, 0.3) is 5.91 Å². The number of hydrogen-bond acceptors (Lipinski definition) is 3. The molecule has 3 aromatic rings. The molecule has 1 aliphatic carbocycles. The molecule has 0 radical (unpaired) electrons. The Hall–Kier alpha value is -3.64. The molecule has 2 amide bonds. The number of rotatable bonds is 12. The van der Waals surface area contributed by atoms with Crippen LogP contribution < -0.4 is 10.1 Å². The first-order chi connectivity index (χ1) is 19.0. The number of benzene rings is 3. The summed E-state index contributed by atoms with van der Waals surface area (Å²) in [5.41, 5.74) is 3.01. The number of hydrogen-bond donors (Lipinski definition) is 1. The number of carbonyl (C=O) groups excluding carboxylic acids is 2. The van der Waals surface area contributed by atoms with Gasteiger partial charge in [0.15, 0.2) is 6.61 Å². The maximum atomic E-state index is 13.7. The van der Waals surface area contributed by atoms with Gasteiger partial charge >= 0.3 is 0 Å². The lowest BCUT2D eigenvalue weighted by atomic mass is 9.97. The first-order valence-electron chi connectivity index (χ1n) is 13.4. The average molecular weight is 549 g/mol. The van der Waals surface area contributed by atoms with Crippen molar-refractivity contribution in [2.24, 2.45) is 0 Å². The number of halogens is 2. The monoisotopic (exact) mass is 548 g/mol. The Labute approximate surface area is 234 Å². The van der Waals surface area contributed by atoms with Crippen molar-refractivity contribution in [1.82, 2.24) is 10.2 Å². The Balaban J connectivity index is 1.56. The molecule has 0 bridgehead atoms. The van der Waals surface area contributed by atoms with Crippen LogP contribution in [0.2, 0.25) is 5.02 Å². The quantitative estimate of drug-likeness (QED) is 0.263. The van der Waals surface area contributed by atoms with Crippen molar-refractivity contribution in [3.05, 3.63) is 112 Å². The molecule has 3 aromatic carbocycles. The molecule has 39 heavy (non-hydrogen) atoms. The molecule has 4 rings (SSSR count). The smallest absolute Gasteiger partial charge is 0.261 e. The predicted molar refractivity (Wildman–Crippen MR) is 152 cm³/mol. The fourth-order valence-electron chi connectivity index (χ4n) is 4.72. The third kappa shape index (κ3) is 8.69. The normalized spacial score (nSPS) is 13.7. The minimum absolute atomic E-state index is 0.126. The van der Waals surface area contributed by atoms with Crippen LogP contribution in [0.4, 0.5) is 4.39 Å². The Morgan fingerprint density at radius 3 is 2.41 bits per heavy atom. The van der Waals surface area contributed by atoms with Crippen molar-refractivity contribution in [3.63, 3.8) is 0 Å². The van der Waals surface area contributed by atoms with Crippen LogP contribution in [-0.4, -0.2) is 35.9 Å². The molecule has 0 saturated heterocycles. The number of para-hydroxylation sites is 1. The summed E-state index contributed by atoms with van der Waals surface area (Å²) < 4.78 is 19.4. The molecule has 0 aromatic heterocycles. The SMILES string of the molecule is O=C(NCCC1=CCCCC1)[C@@H](Cc1ccccc1)N(Cc1ccc(F)cc1)C(=O)COc1ccccc1Cl. The van der Waals surface area contributed by atoms with Crippen LogP contribution in [0.1, 0.15) is 43.2 Å². The van der Waals surface area contributed by atoms with E-state index < -0.39 is 6.04 Å². The summed E-state index contributed by atoms with van der Waals surface area (Å²) in [6.45, 7) is 0.335. The highest BCUT2D eigenvalue weighted by molar-refractivity contribution is 6.32. The molecule has 0 unspecified atom stereocenters. The lowest BCUT2D eigenvalue weighted by Crippen LogP contribution is -2.51. The van der Waals surface area contributed by atoms with Gasteiger partial charge in [-0.15, -0.1) is 0 Å². The lowest BCUT2D eigenvalue weighted by Gasteiger charge is -2.31. The van der Waals surface area contributed by atoms with Crippen LogP contribution >= 0.6 is 11.6 Å². The van der Waals surface area contributed by atoms with Crippen molar-refractivity contribution in [3.8, 4) is 5.75 Å². The van der Waals surface area contributed by atoms with Gasteiger partial charge in [-0.05, 0) is 67.5 Å². The number of ether oxygens (including phenoxy) is 1. The number of allylic oxidation sites excluding steroid dienone is 1. The zero-order valence-corrected chi connectivity index (χ0v) is 22.7. The summed E-state index contributed by atoms with van der Waals surface area (Å²) in [7, 11) is 0. The molecular weight excluding hydrogens is 515 g/mol. The van der Waals surface area contributed by atoms with Gasteiger partial charge < -0.3 is 15.0 Å². The van der Waals surface area contributed by atoms with Crippen LogP contribution in [0.5, 0.6) is 5.75 Å². The van der Waals surface area contributed by atoms with Crippen LogP contribution in [0.25, 0.3) is 0 Å². The first-order valence-corrected chi connectivity index (χ1v) is 13.8. The van der Waals surface area contributed by atoms with Gasteiger partial charge in [-0.1, -0.05) is 77.8 Å². The van der Waals surface area contributed by atoms with Crippen LogP contribution in [0.15, 0.2) is 90.5 Å². The van der Waals surface area contributed by atoms with E-state index in [1.807, 2.05) is 30.3 Å². The molecule has 0 spiro atoms. The van der Waals surface area contributed by atoms with Gasteiger partial charge in [-0.25, -0.2) is 4.39 Å². The summed E-state index contributed by atoms with van der Waals surface area (Å²) in [6, 6.07) is 21.7. The average Bonchev–Trinajstić information content (AvgIpc) is 2.96. The van der Waals surface area contributed by atoms with Crippen molar-refractivity contribution in [1.29, 1.82) is 0 Å². The largest absolute Gasteiger partial charge is 0.482 e. The number of amides is 2. The van der Waals surface area contributed by atoms with E-state index in [9.17, 15) is 14.0 Å². The number of nitrogens with one attached hydrogen (secondary N) is 1. The highest BCUT2D eigenvalue weighted by atomic mass is 35.5. The second kappa shape index (κ2) is 14.5. The first kappa shape index (κ1) is 28.4.